The van der Waals surface area contributed by atoms with Crippen LogP contribution in [0.3, 0.4) is 0 Å². The molecule has 38 heavy (non-hydrogen) atoms. The van der Waals surface area contributed by atoms with Crippen molar-refractivity contribution in [1.29, 1.82) is 0 Å². The Morgan fingerprint density at radius 1 is 0.868 bits per heavy atom. The van der Waals surface area contributed by atoms with Crippen LogP contribution in [-0.4, -0.2) is 17.5 Å². The van der Waals surface area contributed by atoms with E-state index in [9.17, 15) is 4.79 Å². The highest BCUT2D eigenvalue weighted by atomic mass is 31.2. The Morgan fingerprint density at radius 2 is 1.61 bits per heavy atom. The monoisotopic (exact) mass is 517 g/mol. The SMILES string of the molecule is CN1[C@@H](c2ccccc2)[C@H]2C=Cc3ccccc3[C@@]2([C@H]2CCCC(=O)C2)P1(=O)c1cccc2ccccc12. The molecule has 1 saturated heterocycles. The summed E-state index contributed by atoms with van der Waals surface area (Å²) in [5.41, 5.74) is 3.45. The number of carbonyl (C=O) groups is 1. The van der Waals surface area contributed by atoms with Gasteiger partial charge in [0.15, 0.2) is 7.29 Å². The standard InChI is InChI=1S/C34H32NO2P/c1-35-33(26-13-3-2-4-14-26)31-22-21-25-12-6-8-19-30(25)34(31,27-16-10-17-28(36)23-27)38(35,37)32-20-9-15-24-11-5-7-18-29(24)32/h2-9,11-15,18-22,27,31,33H,10,16-17,23H2,1H3/t27-,31+,33-,34+,38?/m0/s1. The van der Waals surface area contributed by atoms with Gasteiger partial charge < -0.3 is 4.57 Å². The van der Waals surface area contributed by atoms with Crippen molar-refractivity contribution in [3.05, 3.63) is 120 Å². The van der Waals surface area contributed by atoms with E-state index < -0.39 is 12.4 Å². The Morgan fingerprint density at radius 3 is 2.45 bits per heavy atom. The molecule has 0 bridgehead atoms. The van der Waals surface area contributed by atoms with Crippen LogP contribution < -0.4 is 5.30 Å². The smallest absolute Gasteiger partial charge is 0.190 e. The normalized spacial score (nSPS) is 30.8. The van der Waals surface area contributed by atoms with Crippen molar-refractivity contribution in [2.24, 2.45) is 11.8 Å². The number of ketones is 1. The van der Waals surface area contributed by atoms with E-state index in [1.165, 1.54) is 5.56 Å². The lowest BCUT2D eigenvalue weighted by molar-refractivity contribution is -0.122. The largest absolute Gasteiger partial charge is 0.300 e. The predicted molar refractivity (Wildman–Crippen MR) is 156 cm³/mol. The van der Waals surface area contributed by atoms with Crippen molar-refractivity contribution >= 4 is 35.2 Å². The van der Waals surface area contributed by atoms with E-state index in [1.54, 1.807) is 0 Å². The van der Waals surface area contributed by atoms with E-state index in [-0.39, 0.29) is 17.9 Å². The van der Waals surface area contributed by atoms with E-state index in [2.05, 4.69) is 103 Å². The molecule has 3 aliphatic rings. The molecule has 0 amide bonds. The Hall–Kier alpha value is -3.26. The third-order valence-corrected chi connectivity index (χ3v) is 13.5. The zero-order chi connectivity index (χ0) is 25.9. The Balaban J connectivity index is 1.62. The molecular formula is C34H32NO2P. The summed E-state index contributed by atoms with van der Waals surface area (Å²) in [6, 6.07) is 33.6. The van der Waals surface area contributed by atoms with Gasteiger partial charge in [-0.25, -0.2) is 4.67 Å². The quantitative estimate of drug-likeness (QED) is 0.261. The molecule has 190 valence electrons. The van der Waals surface area contributed by atoms with Crippen LogP contribution in [0.15, 0.2) is 103 Å². The number of Topliss-reactive ketones (excluding diaryl/α,β-unsaturated/α-hetero) is 1. The molecule has 1 aliphatic heterocycles. The van der Waals surface area contributed by atoms with Gasteiger partial charge in [0, 0.05) is 30.1 Å². The summed E-state index contributed by atoms with van der Waals surface area (Å²) < 4.78 is 18.8. The van der Waals surface area contributed by atoms with Gasteiger partial charge in [-0.05, 0) is 59.3 Å². The van der Waals surface area contributed by atoms with E-state index in [0.717, 1.165) is 40.0 Å². The van der Waals surface area contributed by atoms with Crippen molar-refractivity contribution in [2.75, 3.05) is 7.05 Å². The maximum atomic E-state index is 16.6. The molecule has 1 heterocycles. The molecule has 3 nitrogen and oxygen atoms in total. The average molecular weight is 518 g/mol. The first-order valence-corrected chi connectivity index (χ1v) is 15.4. The summed E-state index contributed by atoms with van der Waals surface area (Å²) in [6.07, 6.45) is 7.44. The molecule has 7 rings (SSSR count). The first kappa shape index (κ1) is 23.8. The van der Waals surface area contributed by atoms with Crippen LogP contribution >= 0.6 is 7.29 Å². The summed E-state index contributed by atoms with van der Waals surface area (Å²) in [5.74, 6) is 0.281. The lowest BCUT2D eigenvalue weighted by Gasteiger charge is -2.49. The molecule has 4 heteroatoms. The first-order chi connectivity index (χ1) is 18.6. The van der Waals surface area contributed by atoms with Crippen LogP contribution in [0.25, 0.3) is 16.8 Å². The molecule has 2 fully saturated rings. The number of rotatable bonds is 3. The van der Waals surface area contributed by atoms with Gasteiger partial charge in [0.2, 0.25) is 0 Å². The van der Waals surface area contributed by atoms with Crippen LogP contribution in [0.2, 0.25) is 0 Å². The van der Waals surface area contributed by atoms with Crippen LogP contribution in [-0.2, 0) is 14.5 Å². The van der Waals surface area contributed by atoms with Crippen molar-refractivity contribution < 1.29 is 9.36 Å². The second-order valence-corrected chi connectivity index (χ2v) is 14.1. The van der Waals surface area contributed by atoms with E-state index in [0.29, 0.717) is 18.6 Å². The summed E-state index contributed by atoms with van der Waals surface area (Å²) in [7, 11) is -1.27. The third kappa shape index (κ3) is 3.12. The molecule has 0 aromatic heterocycles. The average Bonchev–Trinajstić information content (AvgIpc) is 3.18. The summed E-state index contributed by atoms with van der Waals surface area (Å²) in [4.78, 5) is 13.1. The minimum Gasteiger partial charge on any atom is -0.300 e. The van der Waals surface area contributed by atoms with Crippen molar-refractivity contribution in [3.63, 3.8) is 0 Å². The number of benzene rings is 4. The zero-order valence-electron chi connectivity index (χ0n) is 21.7. The van der Waals surface area contributed by atoms with Crippen molar-refractivity contribution in [1.82, 2.24) is 4.67 Å². The van der Waals surface area contributed by atoms with Crippen LogP contribution in [0.1, 0.15) is 48.4 Å². The number of hydrogen-bond donors (Lipinski definition) is 0. The molecule has 5 atom stereocenters. The fourth-order valence-electron chi connectivity index (χ4n) is 7.98. The predicted octanol–water partition coefficient (Wildman–Crippen LogP) is 7.73. The number of fused-ring (bicyclic) bond motifs is 4. The van der Waals surface area contributed by atoms with Crippen molar-refractivity contribution in [2.45, 2.75) is 36.9 Å². The van der Waals surface area contributed by atoms with Crippen LogP contribution in [0.5, 0.6) is 0 Å². The van der Waals surface area contributed by atoms with Gasteiger partial charge in [-0.2, -0.15) is 0 Å². The lowest BCUT2D eigenvalue weighted by Crippen LogP contribution is -2.45. The number of carbonyl (C=O) groups excluding carboxylic acids is 1. The van der Waals surface area contributed by atoms with Gasteiger partial charge in [0.25, 0.3) is 0 Å². The Bertz CT molecular complexity index is 1620. The van der Waals surface area contributed by atoms with Gasteiger partial charge in [-0.15, -0.1) is 0 Å². The Labute approximate surface area is 224 Å². The third-order valence-electron chi connectivity index (χ3n) is 9.41. The topological polar surface area (TPSA) is 37.4 Å². The maximum Gasteiger partial charge on any atom is 0.190 e. The first-order valence-electron chi connectivity index (χ1n) is 13.7. The van der Waals surface area contributed by atoms with E-state index in [1.807, 2.05) is 18.2 Å². The molecule has 4 aromatic rings. The van der Waals surface area contributed by atoms with Gasteiger partial charge in [0.05, 0.1) is 5.16 Å². The molecule has 1 saturated carbocycles. The van der Waals surface area contributed by atoms with Crippen LogP contribution in [0.4, 0.5) is 0 Å². The molecule has 2 aliphatic carbocycles. The number of hydrogen-bond acceptors (Lipinski definition) is 2. The molecule has 0 spiro atoms. The van der Waals surface area contributed by atoms with Gasteiger partial charge in [-0.1, -0.05) is 103 Å². The summed E-state index contributed by atoms with van der Waals surface area (Å²) >= 11 is 0. The lowest BCUT2D eigenvalue weighted by atomic mass is 9.64. The fourth-order valence-corrected chi connectivity index (χ4v) is 12.6. The molecule has 1 unspecified atom stereocenters. The highest BCUT2D eigenvalue weighted by Gasteiger charge is 2.70. The van der Waals surface area contributed by atoms with E-state index >= 15 is 4.57 Å². The second kappa shape index (κ2) is 8.90. The fraction of sp³-hybridized carbons (Fsp3) is 0.265. The summed E-state index contributed by atoms with van der Waals surface area (Å²) in [6.45, 7) is 0. The Kier molecular flexibility index (Phi) is 5.58. The van der Waals surface area contributed by atoms with Gasteiger partial charge >= 0.3 is 0 Å². The van der Waals surface area contributed by atoms with Gasteiger partial charge in [-0.3, -0.25) is 4.79 Å². The minimum absolute atomic E-state index is 0.000754. The molecule has 4 aromatic carbocycles. The molecule has 0 N–H and O–H groups in total. The highest BCUT2D eigenvalue weighted by molar-refractivity contribution is 7.71. The van der Waals surface area contributed by atoms with E-state index in [4.69, 9.17) is 0 Å². The zero-order valence-corrected chi connectivity index (χ0v) is 22.6. The van der Waals surface area contributed by atoms with Crippen molar-refractivity contribution in [3.8, 4) is 0 Å². The van der Waals surface area contributed by atoms with Gasteiger partial charge in [0.1, 0.15) is 5.78 Å². The summed E-state index contributed by atoms with van der Waals surface area (Å²) in [5, 5.41) is 2.37. The minimum atomic E-state index is -3.34. The maximum absolute atomic E-state index is 16.6. The highest BCUT2D eigenvalue weighted by Crippen LogP contribution is 2.81. The molecular weight excluding hydrogens is 485 g/mol. The second-order valence-electron chi connectivity index (χ2n) is 11.1. The van der Waals surface area contributed by atoms with Crippen LogP contribution in [0, 0.1) is 11.8 Å². The molecule has 0 radical (unpaired) electrons. The number of nitrogens with zero attached hydrogens (tertiary/aromatic N) is 1.